The lowest BCUT2D eigenvalue weighted by molar-refractivity contribution is -0.187. The summed E-state index contributed by atoms with van der Waals surface area (Å²) in [6.45, 7) is 22.3. The monoisotopic (exact) mass is 602 g/mol. The third-order valence-electron chi connectivity index (χ3n) is 5.19. The first-order valence-electron chi connectivity index (χ1n) is 14.8. The van der Waals surface area contributed by atoms with Gasteiger partial charge in [0.25, 0.3) is 5.54 Å². The number of esters is 2. The number of hydrogen-bond donors (Lipinski definition) is 3. The summed E-state index contributed by atoms with van der Waals surface area (Å²) in [4.78, 5) is 56.0. The maximum absolute atomic E-state index is 14.1. The first-order chi connectivity index (χ1) is 18.9. The van der Waals surface area contributed by atoms with Crippen molar-refractivity contribution in [2.24, 2.45) is 5.73 Å². The molecule has 2 amide bonds. The summed E-state index contributed by atoms with van der Waals surface area (Å²) >= 11 is 0. The molecule has 0 bridgehead atoms. The fourth-order valence-corrected chi connectivity index (χ4v) is 3.55. The lowest BCUT2D eigenvalue weighted by Gasteiger charge is -2.41. The third-order valence-corrected chi connectivity index (χ3v) is 5.19. The number of imide groups is 1. The van der Waals surface area contributed by atoms with Gasteiger partial charge in [-0.15, -0.1) is 0 Å². The van der Waals surface area contributed by atoms with Crippen LogP contribution in [0.3, 0.4) is 0 Å². The molecule has 0 atom stereocenters. The molecular weight excluding hydrogens is 544 g/mol. The third kappa shape index (κ3) is 15.7. The highest BCUT2D eigenvalue weighted by molar-refractivity contribution is 6.11. The van der Waals surface area contributed by atoms with Crippen LogP contribution in [0.5, 0.6) is 0 Å². The molecule has 246 valence electrons. The van der Waals surface area contributed by atoms with Gasteiger partial charge in [-0.2, -0.15) is 4.90 Å². The molecule has 12 nitrogen and oxygen atoms in total. The summed E-state index contributed by atoms with van der Waals surface area (Å²) in [7, 11) is 0. The molecule has 0 saturated carbocycles. The van der Waals surface area contributed by atoms with E-state index in [9.17, 15) is 19.2 Å². The molecule has 4 N–H and O–H groups in total. The van der Waals surface area contributed by atoms with E-state index in [2.05, 4.69) is 10.6 Å². The smallest absolute Gasteiger partial charge is 0.421 e. The molecule has 0 radical (unpaired) electrons. The minimum Gasteiger partial charge on any atom is -0.458 e. The van der Waals surface area contributed by atoms with Crippen molar-refractivity contribution in [3.05, 3.63) is 0 Å². The zero-order chi connectivity index (χ0) is 33.0. The number of hydrogen-bond acceptors (Lipinski definition) is 11. The van der Waals surface area contributed by atoms with E-state index in [1.165, 1.54) is 0 Å². The zero-order valence-corrected chi connectivity index (χ0v) is 28.2. The Labute approximate surface area is 253 Å². The van der Waals surface area contributed by atoms with Crippen molar-refractivity contribution >= 4 is 24.1 Å². The van der Waals surface area contributed by atoms with Crippen LogP contribution in [0.25, 0.3) is 0 Å². The van der Waals surface area contributed by atoms with E-state index in [-0.39, 0.29) is 13.0 Å². The van der Waals surface area contributed by atoms with Crippen molar-refractivity contribution in [1.82, 2.24) is 15.5 Å². The zero-order valence-electron chi connectivity index (χ0n) is 28.2. The number of amides is 2. The quantitative estimate of drug-likeness (QED) is 0.113. The largest absolute Gasteiger partial charge is 0.458 e. The molecular formula is C30H58N4O8. The van der Waals surface area contributed by atoms with Gasteiger partial charge in [-0.3, -0.25) is 0 Å². The summed E-state index contributed by atoms with van der Waals surface area (Å²) in [6.07, 6.45) is -0.216. The Bertz CT molecular complexity index is 824. The maximum Gasteiger partial charge on any atom is 0.421 e. The van der Waals surface area contributed by atoms with Gasteiger partial charge in [-0.05, 0) is 135 Å². The molecule has 0 aromatic rings. The van der Waals surface area contributed by atoms with Crippen LogP contribution in [-0.4, -0.2) is 89.7 Å². The minimum absolute atomic E-state index is 0.0706. The van der Waals surface area contributed by atoms with Crippen molar-refractivity contribution in [1.29, 1.82) is 0 Å². The first kappa shape index (κ1) is 39.6. The highest BCUT2D eigenvalue weighted by Crippen LogP contribution is 2.32. The molecule has 0 fully saturated rings. The number of ether oxygens (including phenoxy) is 4. The molecule has 0 aliphatic rings. The van der Waals surface area contributed by atoms with Crippen LogP contribution >= 0.6 is 0 Å². The highest BCUT2D eigenvalue weighted by Gasteiger charge is 2.61. The van der Waals surface area contributed by atoms with Gasteiger partial charge in [-0.1, -0.05) is 0 Å². The number of nitrogens with two attached hydrogens (primary N) is 1. The molecule has 12 heteroatoms. The number of carbonyl (C=O) groups excluding carboxylic acids is 4. The second-order valence-electron chi connectivity index (χ2n) is 14.3. The number of carbonyl (C=O) groups is 4. The molecule has 0 spiro atoms. The van der Waals surface area contributed by atoms with Crippen molar-refractivity contribution < 1.29 is 38.1 Å². The molecule has 0 rings (SSSR count). The van der Waals surface area contributed by atoms with Crippen molar-refractivity contribution in [3.8, 4) is 0 Å². The minimum atomic E-state index is -2.55. The van der Waals surface area contributed by atoms with Gasteiger partial charge in [-0.25, -0.2) is 19.2 Å². The number of nitrogens with zero attached hydrogens (tertiary/aromatic N) is 1. The van der Waals surface area contributed by atoms with E-state index in [0.29, 0.717) is 18.0 Å². The van der Waals surface area contributed by atoms with Gasteiger partial charge in [0.1, 0.15) is 22.4 Å². The van der Waals surface area contributed by atoms with E-state index in [4.69, 9.17) is 24.7 Å². The molecule has 0 unspecified atom stereocenters. The number of nitrogens with one attached hydrogen (secondary N) is 2. The molecule has 42 heavy (non-hydrogen) atoms. The predicted octanol–water partition coefficient (Wildman–Crippen LogP) is 4.28. The van der Waals surface area contributed by atoms with Crippen LogP contribution in [0.4, 0.5) is 9.59 Å². The van der Waals surface area contributed by atoms with Crippen molar-refractivity contribution in [2.45, 2.75) is 137 Å². The topological polar surface area (TPSA) is 159 Å². The molecule has 0 aliphatic heterocycles. The summed E-state index contributed by atoms with van der Waals surface area (Å²) in [6, 6.07) is 0. The van der Waals surface area contributed by atoms with E-state index >= 15 is 0 Å². The summed E-state index contributed by atoms with van der Waals surface area (Å²) in [5.41, 5.74) is -1.31. The van der Waals surface area contributed by atoms with Gasteiger partial charge in [0.15, 0.2) is 0 Å². The van der Waals surface area contributed by atoms with Crippen molar-refractivity contribution in [2.75, 3.05) is 32.7 Å². The van der Waals surface area contributed by atoms with Crippen molar-refractivity contribution in [3.63, 3.8) is 0 Å². The average Bonchev–Trinajstić information content (AvgIpc) is 2.74. The van der Waals surface area contributed by atoms with E-state index < -0.39 is 52.1 Å². The van der Waals surface area contributed by atoms with Crippen LogP contribution in [0.15, 0.2) is 0 Å². The van der Waals surface area contributed by atoms with Crippen LogP contribution < -0.4 is 16.4 Å². The van der Waals surface area contributed by atoms with Crippen LogP contribution in [-0.2, 0) is 28.5 Å². The van der Waals surface area contributed by atoms with Crippen LogP contribution in [0.1, 0.15) is 109 Å². The number of rotatable bonds is 14. The van der Waals surface area contributed by atoms with Gasteiger partial charge < -0.3 is 35.3 Å². The highest BCUT2D eigenvalue weighted by atomic mass is 16.6. The molecule has 0 aromatic heterocycles. The van der Waals surface area contributed by atoms with E-state index in [1.807, 2.05) is 0 Å². The fraction of sp³-hybridized carbons (Fsp3) is 0.867. The van der Waals surface area contributed by atoms with E-state index in [1.54, 1.807) is 83.1 Å². The van der Waals surface area contributed by atoms with E-state index in [0.717, 1.165) is 32.4 Å². The average molecular weight is 603 g/mol. The Morgan fingerprint density at radius 1 is 0.548 bits per heavy atom. The van der Waals surface area contributed by atoms with Gasteiger partial charge in [0.2, 0.25) is 0 Å². The standard InChI is InChI=1S/C30H58N4O8/c1-26(2,3)39-22(35)30(23(36)40-27(4,5)6,16-21-33-19-14-13-18-32-20-15-17-31)34(24(37)41-28(7,8)9)25(38)42-29(10,11)12/h32-33H,13-21,31H2,1-12H3. The molecule has 0 saturated heterocycles. The Balaban J connectivity index is 6.64. The number of unbranched alkanes of at least 4 members (excludes halogenated alkanes) is 1. The second kappa shape index (κ2) is 16.4. The van der Waals surface area contributed by atoms with Gasteiger partial charge >= 0.3 is 24.1 Å². The summed E-state index contributed by atoms with van der Waals surface area (Å²) in [5.74, 6) is -2.27. The molecule has 0 aliphatic carbocycles. The van der Waals surface area contributed by atoms with Gasteiger partial charge in [0, 0.05) is 6.42 Å². The second-order valence-corrected chi connectivity index (χ2v) is 14.3. The molecule has 0 aromatic carbocycles. The Hall–Kier alpha value is -2.44. The van der Waals surface area contributed by atoms with Crippen LogP contribution in [0.2, 0.25) is 0 Å². The maximum atomic E-state index is 14.1. The first-order valence-corrected chi connectivity index (χ1v) is 14.8. The lowest BCUT2D eigenvalue weighted by atomic mass is 9.92. The summed E-state index contributed by atoms with van der Waals surface area (Å²) in [5, 5.41) is 6.53. The fourth-order valence-electron chi connectivity index (χ4n) is 3.55. The SMILES string of the molecule is CC(C)(C)OC(=O)N(C(=O)OC(C)(C)C)C(CCNCCCCNCCCN)(C(=O)OC(C)(C)C)C(=O)OC(C)(C)C. The van der Waals surface area contributed by atoms with Gasteiger partial charge in [0.05, 0.1) is 0 Å². The van der Waals surface area contributed by atoms with Crippen LogP contribution in [0, 0.1) is 0 Å². The normalized spacial score (nSPS) is 12.9. The molecule has 0 heterocycles. The Morgan fingerprint density at radius 3 is 1.21 bits per heavy atom. The summed E-state index contributed by atoms with van der Waals surface area (Å²) < 4.78 is 22.4. The predicted molar refractivity (Wildman–Crippen MR) is 162 cm³/mol. The Morgan fingerprint density at radius 2 is 0.881 bits per heavy atom. The Kier molecular flexibility index (Phi) is 15.5. The lowest BCUT2D eigenvalue weighted by Crippen LogP contribution is -2.68.